The molecule has 0 aliphatic heterocycles. The van der Waals surface area contributed by atoms with Gasteiger partial charge in [0.15, 0.2) is 12.4 Å². The highest BCUT2D eigenvalue weighted by molar-refractivity contribution is 5.91. The smallest absolute Gasteiger partial charge is 0.344 e. The summed E-state index contributed by atoms with van der Waals surface area (Å²) >= 11 is 0. The van der Waals surface area contributed by atoms with Gasteiger partial charge in [0.25, 0.3) is 0 Å². The Labute approximate surface area is 143 Å². The molecule has 0 saturated heterocycles. The predicted octanol–water partition coefficient (Wildman–Crippen LogP) is 2.16. The van der Waals surface area contributed by atoms with Crippen molar-refractivity contribution in [3.05, 3.63) is 53.2 Å². The molecule has 3 N–H and O–H groups in total. The van der Waals surface area contributed by atoms with Crippen LogP contribution in [0.15, 0.2) is 34.9 Å². The third kappa shape index (κ3) is 3.89. The van der Waals surface area contributed by atoms with Crippen LogP contribution in [-0.2, 0) is 11.3 Å². The number of nitrogen functional groups attached to an aromatic ring is 1. The van der Waals surface area contributed by atoms with Gasteiger partial charge >= 0.3 is 5.97 Å². The summed E-state index contributed by atoms with van der Waals surface area (Å²) in [4.78, 5) is 24.3. The van der Waals surface area contributed by atoms with Crippen molar-refractivity contribution in [2.45, 2.75) is 20.5 Å². The predicted molar refractivity (Wildman–Crippen MR) is 89.1 cm³/mol. The third-order valence-corrected chi connectivity index (χ3v) is 3.30. The van der Waals surface area contributed by atoms with Gasteiger partial charge in [-0.2, -0.15) is 15.0 Å². The van der Waals surface area contributed by atoms with E-state index in [0.717, 1.165) is 5.69 Å². The van der Waals surface area contributed by atoms with Gasteiger partial charge in [0.2, 0.25) is 11.9 Å². The molecule has 0 fully saturated rings. The van der Waals surface area contributed by atoms with Crippen LogP contribution in [0.4, 0.5) is 17.6 Å². The monoisotopic (exact) mass is 340 g/mol. The lowest BCUT2D eigenvalue weighted by Gasteiger charge is -2.08. The molecular weight excluding hydrogens is 324 g/mol. The van der Waals surface area contributed by atoms with Crippen LogP contribution < -0.4 is 11.1 Å². The van der Waals surface area contributed by atoms with E-state index >= 15 is 0 Å². The van der Waals surface area contributed by atoms with E-state index in [1.54, 1.807) is 13.8 Å². The summed E-state index contributed by atoms with van der Waals surface area (Å²) in [6.45, 7) is 3.15. The molecule has 2 heterocycles. The van der Waals surface area contributed by atoms with Crippen molar-refractivity contribution in [1.29, 1.82) is 0 Å². The standard InChI is InChI=1S/C16H16N6O3/c1-9-13(10(2)25-22-9)14(23)24-8-12-19-15(17)21-16(20-12)18-11-6-4-3-5-7-11/h3-7H,8H2,1-2H3,(H3,17,18,19,20,21). The van der Waals surface area contributed by atoms with E-state index < -0.39 is 5.97 Å². The van der Waals surface area contributed by atoms with Crippen LogP contribution in [0.1, 0.15) is 27.6 Å². The van der Waals surface area contributed by atoms with Crippen molar-refractivity contribution in [2.24, 2.45) is 0 Å². The van der Waals surface area contributed by atoms with E-state index in [0.29, 0.717) is 17.0 Å². The number of ether oxygens (including phenoxy) is 1. The van der Waals surface area contributed by atoms with Crippen molar-refractivity contribution in [2.75, 3.05) is 11.1 Å². The van der Waals surface area contributed by atoms with Crippen LogP contribution in [-0.4, -0.2) is 26.1 Å². The largest absolute Gasteiger partial charge is 0.454 e. The topological polar surface area (TPSA) is 129 Å². The van der Waals surface area contributed by atoms with Crippen LogP contribution in [0.5, 0.6) is 0 Å². The molecule has 2 aromatic heterocycles. The first-order valence-electron chi connectivity index (χ1n) is 7.45. The van der Waals surface area contributed by atoms with Gasteiger partial charge in [-0.1, -0.05) is 23.4 Å². The Morgan fingerprint density at radius 1 is 1.20 bits per heavy atom. The molecule has 0 radical (unpaired) electrons. The average molecular weight is 340 g/mol. The molecule has 1 aromatic carbocycles. The number of aromatic nitrogens is 4. The Hall–Kier alpha value is -3.49. The molecule has 0 unspecified atom stereocenters. The van der Waals surface area contributed by atoms with E-state index in [9.17, 15) is 4.79 Å². The summed E-state index contributed by atoms with van der Waals surface area (Å²) in [6, 6.07) is 9.36. The number of aryl methyl sites for hydroxylation is 2. The van der Waals surface area contributed by atoms with E-state index in [4.69, 9.17) is 15.0 Å². The van der Waals surface area contributed by atoms with Crippen molar-refractivity contribution in [3.8, 4) is 0 Å². The van der Waals surface area contributed by atoms with Gasteiger partial charge in [-0.25, -0.2) is 4.79 Å². The number of rotatable bonds is 5. The fourth-order valence-corrected chi connectivity index (χ4v) is 2.19. The van der Waals surface area contributed by atoms with Crippen LogP contribution in [0.2, 0.25) is 0 Å². The Kier molecular flexibility index (Phi) is 4.55. The maximum absolute atomic E-state index is 12.1. The van der Waals surface area contributed by atoms with Crippen LogP contribution in [0.3, 0.4) is 0 Å². The van der Waals surface area contributed by atoms with Gasteiger partial charge < -0.3 is 20.3 Å². The molecule has 9 nitrogen and oxygen atoms in total. The Balaban J connectivity index is 1.71. The van der Waals surface area contributed by atoms with E-state index in [1.165, 1.54) is 0 Å². The van der Waals surface area contributed by atoms with Crippen LogP contribution >= 0.6 is 0 Å². The molecule has 0 saturated carbocycles. The van der Waals surface area contributed by atoms with Gasteiger partial charge in [-0.15, -0.1) is 0 Å². The summed E-state index contributed by atoms with van der Waals surface area (Å²) in [5, 5.41) is 6.73. The van der Waals surface area contributed by atoms with Gasteiger partial charge in [0.1, 0.15) is 11.3 Å². The number of carbonyl (C=O) groups is 1. The third-order valence-electron chi connectivity index (χ3n) is 3.30. The number of hydrogen-bond donors (Lipinski definition) is 2. The fourth-order valence-electron chi connectivity index (χ4n) is 2.19. The van der Waals surface area contributed by atoms with Gasteiger partial charge in [0.05, 0.1) is 5.69 Å². The number of anilines is 3. The highest BCUT2D eigenvalue weighted by Crippen LogP contribution is 2.15. The molecule has 9 heteroatoms. The zero-order valence-electron chi connectivity index (χ0n) is 13.7. The Morgan fingerprint density at radius 2 is 1.96 bits per heavy atom. The molecule has 3 rings (SSSR count). The number of carbonyl (C=O) groups excluding carboxylic acids is 1. The molecule has 0 aliphatic rings. The van der Waals surface area contributed by atoms with Crippen molar-refractivity contribution in [1.82, 2.24) is 20.1 Å². The number of esters is 1. The summed E-state index contributed by atoms with van der Waals surface area (Å²) in [5.74, 6) is 0.349. The molecule has 3 aromatic rings. The molecule has 25 heavy (non-hydrogen) atoms. The number of nitrogens with two attached hydrogens (primary N) is 1. The minimum Gasteiger partial charge on any atom is -0.454 e. The molecule has 0 bridgehead atoms. The first-order valence-corrected chi connectivity index (χ1v) is 7.45. The SMILES string of the molecule is Cc1noc(C)c1C(=O)OCc1nc(N)nc(Nc2ccccc2)n1. The van der Waals surface area contributed by atoms with E-state index in [2.05, 4.69) is 25.4 Å². The van der Waals surface area contributed by atoms with Gasteiger partial charge in [0, 0.05) is 5.69 Å². The van der Waals surface area contributed by atoms with Crippen LogP contribution in [0.25, 0.3) is 0 Å². The number of para-hydroxylation sites is 1. The summed E-state index contributed by atoms with van der Waals surface area (Å²) in [7, 11) is 0. The van der Waals surface area contributed by atoms with Gasteiger partial charge in [-0.05, 0) is 26.0 Å². The number of benzene rings is 1. The number of hydrogen-bond acceptors (Lipinski definition) is 9. The number of nitrogens with zero attached hydrogens (tertiary/aromatic N) is 4. The maximum Gasteiger partial charge on any atom is 0.344 e. The summed E-state index contributed by atoms with van der Waals surface area (Å²) in [5.41, 5.74) is 7.25. The quantitative estimate of drug-likeness (QED) is 0.671. The molecular formula is C16H16N6O3. The van der Waals surface area contributed by atoms with E-state index in [1.807, 2.05) is 30.3 Å². The zero-order valence-corrected chi connectivity index (χ0v) is 13.7. The lowest BCUT2D eigenvalue weighted by atomic mass is 10.2. The second kappa shape index (κ2) is 6.95. The van der Waals surface area contributed by atoms with Crippen LogP contribution in [0, 0.1) is 13.8 Å². The number of nitrogens with one attached hydrogen (secondary N) is 1. The van der Waals surface area contributed by atoms with Crippen molar-refractivity contribution in [3.63, 3.8) is 0 Å². The minimum atomic E-state index is -0.562. The van der Waals surface area contributed by atoms with E-state index in [-0.39, 0.29) is 24.3 Å². The highest BCUT2D eigenvalue weighted by Gasteiger charge is 2.19. The lowest BCUT2D eigenvalue weighted by Crippen LogP contribution is -2.12. The average Bonchev–Trinajstić information content (AvgIpc) is 2.92. The summed E-state index contributed by atoms with van der Waals surface area (Å²) < 4.78 is 10.2. The first kappa shape index (κ1) is 16.4. The fraction of sp³-hybridized carbons (Fsp3) is 0.188. The maximum atomic E-state index is 12.1. The van der Waals surface area contributed by atoms with Crippen molar-refractivity contribution >= 4 is 23.6 Å². The molecule has 0 atom stereocenters. The van der Waals surface area contributed by atoms with Crippen molar-refractivity contribution < 1.29 is 14.1 Å². The Morgan fingerprint density at radius 3 is 2.64 bits per heavy atom. The lowest BCUT2D eigenvalue weighted by molar-refractivity contribution is 0.0459. The van der Waals surface area contributed by atoms with Gasteiger partial charge in [-0.3, -0.25) is 0 Å². The molecule has 0 aliphatic carbocycles. The molecule has 128 valence electrons. The molecule has 0 amide bonds. The first-order chi connectivity index (χ1) is 12.0. The second-order valence-corrected chi connectivity index (χ2v) is 5.20. The summed E-state index contributed by atoms with van der Waals surface area (Å²) in [6.07, 6.45) is 0. The minimum absolute atomic E-state index is 0.0248. The molecule has 0 spiro atoms. The second-order valence-electron chi connectivity index (χ2n) is 5.20. The highest BCUT2D eigenvalue weighted by atomic mass is 16.5. The zero-order chi connectivity index (χ0) is 17.8. The normalized spacial score (nSPS) is 10.5. The Bertz CT molecular complexity index is 875.